The minimum Gasteiger partial charge on any atom is -0.491 e. The quantitative estimate of drug-likeness (QED) is 0.366. The van der Waals surface area contributed by atoms with Crippen molar-refractivity contribution in [2.24, 2.45) is 0 Å². The van der Waals surface area contributed by atoms with Crippen molar-refractivity contribution in [1.29, 1.82) is 0 Å². The summed E-state index contributed by atoms with van der Waals surface area (Å²) < 4.78 is 58.1. The van der Waals surface area contributed by atoms with Crippen LogP contribution in [0.1, 0.15) is 42.9 Å². The molecule has 1 fully saturated rings. The van der Waals surface area contributed by atoms with Gasteiger partial charge in [-0.1, -0.05) is 65.6 Å². The van der Waals surface area contributed by atoms with Crippen LogP contribution < -0.4 is 10.1 Å². The average molecular weight is 512 g/mol. The third-order valence-electron chi connectivity index (χ3n) is 6.84. The predicted octanol–water partition coefficient (Wildman–Crippen LogP) is 5.40. The van der Waals surface area contributed by atoms with Crippen molar-refractivity contribution in [3.05, 3.63) is 59.7 Å². The zero-order valence-corrected chi connectivity index (χ0v) is 19.5. The number of ether oxygens (including phenoxy) is 1. The third kappa shape index (κ3) is 4.49. The summed E-state index contributed by atoms with van der Waals surface area (Å²) in [4.78, 5) is 4.14. The van der Waals surface area contributed by atoms with Crippen molar-refractivity contribution in [1.82, 2.24) is 20.6 Å². The molecule has 2 unspecified atom stereocenters. The van der Waals surface area contributed by atoms with Crippen LogP contribution in [0.3, 0.4) is 0 Å². The van der Waals surface area contributed by atoms with Gasteiger partial charge in [-0.25, -0.2) is 0 Å². The van der Waals surface area contributed by atoms with Crippen molar-refractivity contribution in [2.75, 3.05) is 6.61 Å². The lowest BCUT2D eigenvalue weighted by atomic mass is 9.96. The summed E-state index contributed by atoms with van der Waals surface area (Å²) in [6, 6.07) is 13.1. The Morgan fingerprint density at radius 3 is 2.49 bits per heavy atom. The van der Waals surface area contributed by atoms with E-state index < -0.39 is 29.5 Å². The maximum absolute atomic E-state index is 14.0. The van der Waals surface area contributed by atoms with E-state index in [-0.39, 0.29) is 23.1 Å². The second-order valence-corrected chi connectivity index (χ2v) is 9.29. The number of hydrogen-bond donors (Lipinski definition) is 2. The Hall–Kier alpha value is -3.70. The van der Waals surface area contributed by atoms with E-state index >= 15 is 0 Å². The monoisotopic (exact) mass is 512 g/mol. The normalized spacial score (nSPS) is 20.1. The number of nitrogens with zero attached hydrogens (tertiary/aromatic N) is 3. The average Bonchev–Trinajstić information content (AvgIpc) is 3.66. The van der Waals surface area contributed by atoms with Crippen LogP contribution in [0.25, 0.3) is 34.3 Å². The Morgan fingerprint density at radius 2 is 1.73 bits per heavy atom. The van der Waals surface area contributed by atoms with Crippen LogP contribution in [0, 0.1) is 0 Å². The molecule has 4 aromatic rings. The number of hydrogen-bond acceptors (Lipinski definition) is 8. The Kier molecular flexibility index (Phi) is 5.96. The molecule has 1 saturated carbocycles. The first-order valence-electron chi connectivity index (χ1n) is 12.1. The Morgan fingerprint density at radius 1 is 0.946 bits per heavy atom. The van der Waals surface area contributed by atoms with E-state index in [4.69, 9.17) is 13.8 Å². The highest BCUT2D eigenvalue weighted by molar-refractivity contribution is 5.71. The van der Waals surface area contributed by atoms with Gasteiger partial charge in [0.15, 0.2) is 0 Å². The minimum atomic E-state index is -4.77. The Labute approximate surface area is 209 Å². The number of rotatable bonds is 5. The standard InChI is InChI=1S/C26H23F3N4O4/c27-26(28,29)20-21(14-6-2-1-3-7-14)32-36-23(20)25-31-24(33-37-25)15-10-11-17-19(12-15)35-13-18(22(17)34)30-16-8-4-5-9-16/h1-3,6-7,10-12,16,18,22,30,34H,4-5,8-9,13H2. The van der Waals surface area contributed by atoms with Crippen molar-refractivity contribution < 1.29 is 32.1 Å². The van der Waals surface area contributed by atoms with Gasteiger partial charge >= 0.3 is 6.18 Å². The molecule has 2 aromatic heterocycles. The number of fused-ring (bicyclic) bond motifs is 1. The zero-order chi connectivity index (χ0) is 25.6. The van der Waals surface area contributed by atoms with E-state index in [1.54, 1.807) is 36.4 Å². The van der Waals surface area contributed by atoms with Crippen LogP contribution in [0.2, 0.25) is 0 Å². The fraction of sp³-hybridized carbons (Fsp3) is 0.346. The predicted molar refractivity (Wildman–Crippen MR) is 125 cm³/mol. The van der Waals surface area contributed by atoms with Gasteiger partial charge in [-0.2, -0.15) is 18.2 Å². The molecule has 6 rings (SSSR count). The SMILES string of the molecule is OC1c2ccc(-c3noc(-c4onc(-c5ccccc5)c4C(F)(F)F)n3)cc2OCC1NC1CCCC1. The van der Waals surface area contributed by atoms with Crippen molar-refractivity contribution in [2.45, 2.75) is 50.0 Å². The van der Waals surface area contributed by atoms with Crippen LogP contribution in [0.4, 0.5) is 13.2 Å². The molecule has 2 aliphatic rings. The summed E-state index contributed by atoms with van der Waals surface area (Å²) in [5.41, 5.74) is -0.127. The van der Waals surface area contributed by atoms with Crippen LogP contribution in [0.5, 0.6) is 5.75 Å². The second-order valence-electron chi connectivity index (χ2n) is 9.29. The zero-order valence-electron chi connectivity index (χ0n) is 19.5. The van der Waals surface area contributed by atoms with Gasteiger partial charge in [0.25, 0.3) is 5.89 Å². The molecule has 1 aliphatic heterocycles. The largest absolute Gasteiger partial charge is 0.491 e. The van der Waals surface area contributed by atoms with E-state index in [0.29, 0.717) is 29.5 Å². The topological polar surface area (TPSA) is 106 Å². The fourth-order valence-electron chi connectivity index (χ4n) is 4.99. The number of halogens is 3. The number of aliphatic hydroxyl groups is 1. The van der Waals surface area contributed by atoms with Crippen LogP contribution in [-0.4, -0.2) is 39.1 Å². The molecule has 2 N–H and O–H groups in total. The summed E-state index contributed by atoms with van der Waals surface area (Å²) in [6.45, 7) is 0.293. The molecule has 1 aliphatic carbocycles. The van der Waals surface area contributed by atoms with Gasteiger partial charge < -0.3 is 24.2 Å². The molecule has 2 atom stereocenters. The molecular formula is C26H23F3N4O4. The molecule has 0 saturated heterocycles. The highest BCUT2D eigenvalue weighted by atomic mass is 19.4. The molecule has 37 heavy (non-hydrogen) atoms. The molecule has 2 aromatic carbocycles. The van der Waals surface area contributed by atoms with Gasteiger partial charge in [0.2, 0.25) is 11.6 Å². The molecule has 0 bridgehead atoms. The van der Waals surface area contributed by atoms with Crippen molar-refractivity contribution >= 4 is 0 Å². The lowest BCUT2D eigenvalue weighted by Gasteiger charge is -2.33. The number of nitrogens with one attached hydrogen (secondary N) is 1. The van der Waals surface area contributed by atoms with Crippen molar-refractivity contribution in [3.63, 3.8) is 0 Å². The lowest BCUT2D eigenvalue weighted by Crippen LogP contribution is -2.46. The molecule has 0 radical (unpaired) electrons. The first-order valence-corrected chi connectivity index (χ1v) is 12.1. The van der Waals surface area contributed by atoms with Gasteiger partial charge in [-0.15, -0.1) is 0 Å². The maximum Gasteiger partial charge on any atom is 0.422 e. The molecule has 8 nitrogen and oxygen atoms in total. The molecule has 192 valence electrons. The van der Waals surface area contributed by atoms with Crippen LogP contribution >= 0.6 is 0 Å². The first kappa shape index (κ1) is 23.7. The van der Waals surface area contributed by atoms with Gasteiger partial charge in [0.1, 0.15) is 29.7 Å². The maximum atomic E-state index is 14.0. The van der Waals surface area contributed by atoms with Gasteiger partial charge in [-0.3, -0.25) is 0 Å². The number of aliphatic hydroxyl groups excluding tert-OH is 1. The molecule has 11 heteroatoms. The number of alkyl halides is 3. The highest BCUT2D eigenvalue weighted by Crippen LogP contribution is 2.43. The molecule has 0 spiro atoms. The van der Waals surface area contributed by atoms with Crippen molar-refractivity contribution in [3.8, 4) is 40.0 Å². The Bertz CT molecular complexity index is 1400. The van der Waals surface area contributed by atoms with Gasteiger partial charge in [0, 0.05) is 22.7 Å². The number of aromatic nitrogens is 3. The van der Waals surface area contributed by atoms with E-state index in [0.717, 1.165) is 12.8 Å². The summed E-state index contributed by atoms with van der Waals surface area (Å²) in [5, 5.41) is 21.9. The second kappa shape index (κ2) is 9.31. The van der Waals surface area contributed by atoms with E-state index in [2.05, 4.69) is 20.6 Å². The van der Waals surface area contributed by atoms with Crippen LogP contribution in [-0.2, 0) is 6.18 Å². The summed E-state index contributed by atoms with van der Waals surface area (Å²) >= 11 is 0. The fourth-order valence-corrected chi connectivity index (χ4v) is 4.99. The lowest BCUT2D eigenvalue weighted by molar-refractivity contribution is -0.136. The Balaban J connectivity index is 1.28. The van der Waals surface area contributed by atoms with E-state index in [9.17, 15) is 18.3 Å². The van der Waals surface area contributed by atoms with E-state index in [1.807, 2.05) is 0 Å². The number of benzene rings is 2. The first-order chi connectivity index (χ1) is 17.9. The highest BCUT2D eigenvalue weighted by Gasteiger charge is 2.43. The smallest absolute Gasteiger partial charge is 0.422 e. The van der Waals surface area contributed by atoms with E-state index in [1.165, 1.54) is 25.0 Å². The summed E-state index contributed by atoms with van der Waals surface area (Å²) in [7, 11) is 0. The van der Waals surface area contributed by atoms with Gasteiger partial charge in [0.05, 0.1) is 6.04 Å². The summed E-state index contributed by atoms with van der Waals surface area (Å²) in [6.07, 6.45) is -0.986. The molecular weight excluding hydrogens is 489 g/mol. The third-order valence-corrected chi connectivity index (χ3v) is 6.84. The molecule has 0 amide bonds. The molecule has 3 heterocycles. The summed E-state index contributed by atoms with van der Waals surface area (Å²) in [5.74, 6) is -0.595. The minimum absolute atomic E-state index is 0.0490. The van der Waals surface area contributed by atoms with Crippen LogP contribution in [0.15, 0.2) is 57.6 Å². The van der Waals surface area contributed by atoms with Gasteiger partial charge in [-0.05, 0) is 18.9 Å².